The van der Waals surface area contributed by atoms with E-state index in [2.05, 4.69) is 6.58 Å². The average Bonchev–Trinajstić information content (AvgIpc) is 2.25. The summed E-state index contributed by atoms with van der Waals surface area (Å²) in [5.74, 6) is -1.35. The Hall–Kier alpha value is -1.62. The highest BCUT2D eigenvalue weighted by Crippen LogP contribution is 2.21. The SMILES string of the molecule is C=C(C)CC(C(=O)O)S(=O)(=O)c1ccc(C)cc1. The number of carboxylic acids is 1. The minimum absolute atomic E-state index is 0.0294. The number of benzene rings is 1. The molecular weight excluding hydrogens is 252 g/mol. The van der Waals surface area contributed by atoms with Gasteiger partial charge in [0.25, 0.3) is 0 Å². The molecule has 0 aromatic heterocycles. The molecule has 4 nitrogen and oxygen atoms in total. The predicted octanol–water partition coefficient (Wildman–Crippen LogP) is 2.19. The van der Waals surface area contributed by atoms with Crippen molar-refractivity contribution in [3.63, 3.8) is 0 Å². The van der Waals surface area contributed by atoms with Gasteiger partial charge in [-0.15, -0.1) is 6.58 Å². The summed E-state index contributed by atoms with van der Waals surface area (Å²) in [5, 5.41) is 7.58. The van der Waals surface area contributed by atoms with Crippen molar-refractivity contribution in [2.75, 3.05) is 0 Å². The largest absolute Gasteiger partial charge is 0.480 e. The molecule has 0 amide bonds. The number of hydrogen-bond acceptors (Lipinski definition) is 3. The molecule has 98 valence electrons. The highest BCUT2D eigenvalue weighted by molar-refractivity contribution is 7.92. The lowest BCUT2D eigenvalue weighted by atomic mass is 10.2. The van der Waals surface area contributed by atoms with E-state index in [0.29, 0.717) is 5.57 Å². The number of allylic oxidation sites excluding steroid dienone is 1. The minimum atomic E-state index is -3.87. The van der Waals surface area contributed by atoms with E-state index in [1.165, 1.54) is 12.1 Å². The molecule has 1 rings (SSSR count). The van der Waals surface area contributed by atoms with Gasteiger partial charge in [-0.25, -0.2) is 8.42 Å². The first-order valence-corrected chi connectivity index (χ1v) is 6.97. The number of carboxylic acid groups (broad SMARTS) is 1. The lowest BCUT2D eigenvalue weighted by molar-refractivity contribution is -0.136. The van der Waals surface area contributed by atoms with Gasteiger partial charge in [-0.1, -0.05) is 23.3 Å². The van der Waals surface area contributed by atoms with E-state index in [9.17, 15) is 13.2 Å². The number of aliphatic carboxylic acids is 1. The monoisotopic (exact) mass is 268 g/mol. The van der Waals surface area contributed by atoms with E-state index < -0.39 is 21.1 Å². The van der Waals surface area contributed by atoms with Crippen molar-refractivity contribution in [1.82, 2.24) is 0 Å². The van der Waals surface area contributed by atoms with Crippen molar-refractivity contribution >= 4 is 15.8 Å². The van der Waals surface area contributed by atoms with Crippen LogP contribution in [0, 0.1) is 6.92 Å². The summed E-state index contributed by atoms with van der Waals surface area (Å²) in [6, 6.07) is 6.15. The Morgan fingerprint density at radius 1 is 1.33 bits per heavy atom. The van der Waals surface area contributed by atoms with Gasteiger partial charge in [0.2, 0.25) is 0 Å². The molecule has 1 N–H and O–H groups in total. The molecule has 0 aliphatic heterocycles. The van der Waals surface area contributed by atoms with Crippen LogP contribution in [0.25, 0.3) is 0 Å². The minimum Gasteiger partial charge on any atom is -0.480 e. The summed E-state index contributed by atoms with van der Waals surface area (Å²) in [6.07, 6.45) is -0.0778. The van der Waals surface area contributed by atoms with E-state index in [-0.39, 0.29) is 11.3 Å². The van der Waals surface area contributed by atoms with Crippen molar-refractivity contribution in [2.45, 2.75) is 30.4 Å². The second-order valence-electron chi connectivity index (χ2n) is 4.35. The molecule has 1 atom stereocenters. The first-order chi connectivity index (χ1) is 8.25. The fraction of sp³-hybridized carbons (Fsp3) is 0.308. The molecule has 0 fully saturated rings. The summed E-state index contributed by atoms with van der Waals surface area (Å²) in [5.41, 5.74) is 1.44. The second kappa shape index (κ2) is 5.35. The Bertz CT molecular complexity index is 555. The third kappa shape index (κ3) is 3.20. The van der Waals surface area contributed by atoms with Crippen molar-refractivity contribution < 1.29 is 18.3 Å². The number of aryl methyl sites for hydroxylation is 1. The van der Waals surface area contributed by atoms with Crippen LogP contribution in [0.15, 0.2) is 41.3 Å². The first-order valence-electron chi connectivity index (χ1n) is 5.43. The van der Waals surface area contributed by atoms with E-state index in [1.807, 2.05) is 6.92 Å². The Morgan fingerprint density at radius 2 is 1.83 bits per heavy atom. The van der Waals surface area contributed by atoms with Crippen LogP contribution in [-0.4, -0.2) is 24.7 Å². The van der Waals surface area contributed by atoms with Crippen LogP contribution in [0.4, 0.5) is 0 Å². The van der Waals surface area contributed by atoms with Crippen LogP contribution < -0.4 is 0 Å². The lowest BCUT2D eigenvalue weighted by Gasteiger charge is -2.13. The summed E-state index contributed by atoms with van der Waals surface area (Å²) >= 11 is 0. The summed E-state index contributed by atoms with van der Waals surface area (Å²) in [7, 11) is -3.87. The molecule has 18 heavy (non-hydrogen) atoms. The molecule has 1 aromatic carbocycles. The molecule has 0 heterocycles. The van der Waals surface area contributed by atoms with E-state index >= 15 is 0 Å². The molecule has 1 aromatic rings. The number of hydrogen-bond donors (Lipinski definition) is 1. The van der Waals surface area contributed by atoms with Gasteiger partial charge in [-0.2, -0.15) is 0 Å². The Morgan fingerprint density at radius 3 is 2.22 bits per heavy atom. The molecule has 0 spiro atoms. The van der Waals surface area contributed by atoms with E-state index in [0.717, 1.165) is 5.56 Å². The maximum absolute atomic E-state index is 12.2. The van der Waals surface area contributed by atoms with Crippen molar-refractivity contribution in [3.05, 3.63) is 42.0 Å². The topological polar surface area (TPSA) is 71.4 Å². The van der Waals surface area contributed by atoms with Gasteiger partial charge in [0.05, 0.1) is 4.90 Å². The van der Waals surface area contributed by atoms with Gasteiger partial charge in [0.1, 0.15) is 0 Å². The van der Waals surface area contributed by atoms with E-state index in [4.69, 9.17) is 5.11 Å². The zero-order valence-electron chi connectivity index (χ0n) is 10.4. The van der Waals surface area contributed by atoms with Crippen molar-refractivity contribution in [1.29, 1.82) is 0 Å². The Labute approximate surface area is 107 Å². The highest BCUT2D eigenvalue weighted by Gasteiger charge is 2.33. The molecule has 0 aliphatic carbocycles. The zero-order chi connectivity index (χ0) is 13.9. The number of carbonyl (C=O) groups is 1. The summed E-state index contributed by atoms with van der Waals surface area (Å²) in [4.78, 5) is 11.1. The van der Waals surface area contributed by atoms with Crippen LogP contribution in [0.1, 0.15) is 18.9 Å². The Kier molecular flexibility index (Phi) is 4.29. The van der Waals surface area contributed by atoms with Crippen LogP contribution in [0.2, 0.25) is 0 Å². The van der Waals surface area contributed by atoms with Crippen LogP contribution >= 0.6 is 0 Å². The summed E-state index contributed by atoms with van der Waals surface area (Å²) < 4.78 is 24.4. The van der Waals surface area contributed by atoms with Crippen LogP contribution in [-0.2, 0) is 14.6 Å². The fourth-order valence-corrected chi connectivity index (χ4v) is 3.15. The lowest BCUT2D eigenvalue weighted by Crippen LogP contribution is -2.30. The molecule has 0 aliphatic rings. The normalized spacial score (nSPS) is 13.0. The molecule has 1 unspecified atom stereocenters. The molecule has 0 radical (unpaired) electrons. The number of rotatable bonds is 5. The Balaban J connectivity index is 3.21. The molecule has 0 saturated heterocycles. The van der Waals surface area contributed by atoms with Crippen LogP contribution in [0.3, 0.4) is 0 Å². The molecule has 5 heteroatoms. The van der Waals surface area contributed by atoms with Gasteiger partial charge >= 0.3 is 5.97 Å². The third-order valence-corrected chi connectivity index (χ3v) is 4.58. The standard InChI is InChI=1S/C13H16O4S/c1-9(2)8-12(13(14)15)18(16,17)11-6-4-10(3)5-7-11/h4-7,12H,1,8H2,2-3H3,(H,14,15). The van der Waals surface area contributed by atoms with E-state index in [1.54, 1.807) is 19.1 Å². The van der Waals surface area contributed by atoms with Gasteiger partial charge < -0.3 is 5.11 Å². The zero-order valence-corrected chi connectivity index (χ0v) is 11.2. The van der Waals surface area contributed by atoms with Gasteiger partial charge in [0.15, 0.2) is 15.1 Å². The second-order valence-corrected chi connectivity index (χ2v) is 6.48. The van der Waals surface area contributed by atoms with Crippen molar-refractivity contribution in [2.24, 2.45) is 0 Å². The maximum Gasteiger partial charge on any atom is 0.322 e. The van der Waals surface area contributed by atoms with Gasteiger partial charge in [0, 0.05) is 0 Å². The average molecular weight is 268 g/mol. The maximum atomic E-state index is 12.2. The predicted molar refractivity (Wildman–Crippen MR) is 69.2 cm³/mol. The van der Waals surface area contributed by atoms with Gasteiger partial charge in [-0.3, -0.25) is 4.79 Å². The molecule has 0 bridgehead atoms. The molecular formula is C13H16O4S. The third-order valence-electron chi connectivity index (χ3n) is 2.53. The van der Waals surface area contributed by atoms with Crippen LogP contribution in [0.5, 0.6) is 0 Å². The number of sulfone groups is 1. The highest BCUT2D eigenvalue weighted by atomic mass is 32.2. The fourth-order valence-electron chi connectivity index (χ4n) is 1.54. The first kappa shape index (κ1) is 14.4. The summed E-state index contributed by atoms with van der Waals surface area (Å²) in [6.45, 7) is 7.01. The quantitative estimate of drug-likeness (QED) is 0.831. The smallest absolute Gasteiger partial charge is 0.322 e. The van der Waals surface area contributed by atoms with Crippen molar-refractivity contribution in [3.8, 4) is 0 Å². The van der Waals surface area contributed by atoms with Gasteiger partial charge in [-0.05, 0) is 32.4 Å². The molecule has 0 saturated carbocycles.